The van der Waals surface area contributed by atoms with Crippen molar-refractivity contribution in [3.63, 3.8) is 0 Å². The van der Waals surface area contributed by atoms with Crippen molar-refractivity contribution in [3.8, 4) is 28.6 Å². The number of amides is 1. The van der Waals surface area contributed by atoms with E-state index in [4.69, 9.17) is 39.4 Å². The van der Waals surface area contributed by atoms with Gasteiger partial charge in [-0.15, -0.1) is 0 Å². The van der Waals surface area contributed by atoms with Gasteiger partial charge in [0.05, 0.1) is 39.6 Å². The van der Waals surface area contributed by atoms with Crippen molar-refractivity contribution < 1.29 is 28.5 Å². The highest BCUT2D eigenvalue weighted by molar-refractivity contribution is 5.96. The Morgan fingerprint density at radius 1 is 1.00 bits per heavy atom. The molecule has 34 heavy (non-hydrogen) atoms. The molecule has 1 aromatic heterocycles. The monoisotopic (exact) mass is 468 g/mol. The van der Waals surface area contributed by atoms with Gasteiger partial charge in [-0.2, -0.15) is 0 Å². The molecule has 0 spiro atoms. The summed E-state index contributed by atoms with van der Waals surface area (Å²) in [5, 5.41) is 0.817. The molecule has 10 heteroatoms. The SMILES string of the molecule is COCCOc1cc2c(N3CCOCC3)nc(-c3cc(OC)cc(C(N)=O)c3)nc2cc1OC. The van der Waals surface area contributed by atoms with E-state index in [1.54, 1.807) is 32.4 Å². The number of hydrogen-bond donors (Lipinski definition) is 1. The van der Waals surface area contributed by atoms with Gasteiger partial charge >= 0.3 is 0 Å². The maximum absolute atomic E-state index is 11.9. The Morgan fingerprint density at radius 3 is 2.47 bits per heavy atom. The van der Waals surface area contributed by atoms with Crippen LogP contribution >= 0.6 is 0 Å². The number of nitrogens with zero attached hydrogens (tertiary/aromatic N) is 3. The summed E-state index contributed by atoms with van der Waals surface area (Å²) in [5.74, 6) is 2.23. The molecule has 0 radical (unpaired) electrons. The second-order valence-corrected chi connectivity index (χ2v) is 7.65. The lowest BCUT2D eigenvalue weighted by Gasteiger charge is -2.29. The van der Waals surface area contributed by atoms with Gasteiger partial charge < -0.3 is 34.3 Å². The van der Waals surface area contributed by atoms with E-state index in [1.165, 1.54) is 7.11 Å². The first-order valence-electron chi connectivity index (χ1n) is 10.9. The van der Waals surface area contributed by atoms with Crippen LogP contribution < -0.4 is 24.8 Å². The summed E-state index contributed by atoms with van der Waals surface area (Å²) in [6.07, 6.45) is 0. The molecule has 1 fully saturated rings. The molecule has 4 rings (SSSR count). The van der Waals surface area contributed by atoms with Gasteiger partial charge in [-0.1, -0.05) is 0 Å². The fraction of sp³-hybridized carbons (Fsp3) is 0.375. The van der Waals surface area contributed by atoms with Crippen LogP contribution in [0.25, 0.3) is 22.3 Å². The average molecular weight is 469 g/mol. The summed E-state index contributed by atoms with van der Waals surface area (Å²) in [7, 11) is 4.73. The highest BCUT2D eigenvalue weighted by Crippen LogP contribution is 2.37. The number of methoxy groups -OCH3 is 3. The molecule has 2 N–H and O–H groups in total. The fourth-order valence-electron chi connectivity index (χ4n) is 3.76. The Bertz CT molecular complexity index is 1180. The van der Waals surface area contributed by atoms with Crippen LogP contribution in [0.2, 0.25) is 0 Å². The van der Waals surface area contributed by atoms with Gasteiger partial charge in [-0.3, -0.25) is 4.79 Å². The second kappa shape index (κ2) is 10.5. The van der Waals surface area contributed by atoms with Crippen molar-refractivity contribution in [2.45, 2.75) is 0 Å². The molecule has 3 aromatic rings. The first kappa shape index (κ1) is 23.5. The number of hydrogen-bond acceptors (Lipinski definition) is 9. The number of aromatic nitrogens is 2. The molecule has 1 amide bonds. The Morgan fingerprint density at radius 2 is 1.79 bits per heavy atom. The normalized spacial score (nSPS) is 13.7. The standard InChI is InChI=1S/C24H28N4O6/c1-30-8-9-34-21-13-18-19(14-20(21)32-3)26-23(27-24(18)28-4-6-33-7-5-28)16-10-15(22(25)29)11-17(12-16)31-2/h10-14H,4-9H2,1-3H3,(H2,25,29). The average Bonchev–Trinajstić information content (AvgIpc) is 2.87. The molecule has 180 valence electrons. The molecule has 0 aliphatic carbocycles. The van der Waals surface area contributed by atoms with E-state index >= 15 is 0 Å². The van der Waals surface area contributed by atoms with Crippen LogP contribution in [0, 0.1) is 0 Å². The van der Waals surface area contributed by atoms with E-state index in [9.17, 15) is 4.79 Å². The number of fused-ring (bicyclic) bond motifs is 1. The van der Waals surface area contributed by atoms with E-state index in [0.717, 1.165) is 11.2 Å². The fourth-order valence-corrected chi connectivity index (χ4v) is 3.76. The zero-order valence-electron chi connectivity index (χ0n) is 19.5. The van der Waals surface area contributed by atoms with E-state index in [0.29, 0.717) is 79.2 Å². The summed E-state index contributed by atoms with van der Waals surface area (Å²) in [4.78, 5) is 23.7. The van der Waals surface area contributed by atoms with Gasteiger partial charge in [0.2, 0.25) is 5.91 Å². The number of rotatable bonds is 9. The van der Waals surface area contributed by atoms with Gasteiger partial charge in [0.15, 0.2) is 17.3 Å². The highest BCUT2D eigenvalue weighted by Gasteiger charge is 2.21. The van der Waals surface area contributed by atoms with Crippen LogP contribution in [0.4, 0.5) is 5.82 Å². The van der Waals surface area contributed by atoms with Crippen molar-refractivity contribution >= 4 is 22.6 Å². The quantitative estimate of drug-likeness (QED) is 0.472. The van der Waals surface area contributed by atoms with Crippen LogP contribution in [0.3, 0.4) is 0 Å². The Balaban J connectivity index is 1.90. The van der Waals surface area contributed by atoms with Crippen LogP contribution in [0.5, 0.6) is 17.2 Å². The zero-order valence-corrected chi connectivity index (χ0v) is 19.5. The largest absolute Gasteiger partial charge is 0.497 e. The minimum Gasteiger partial charge on any atom is -0.497 e. The minimum absolute atomic E-state index is 0.311. The summed E-state index contributed by atoms with van der Waals surface area (Å²) in [5.41, 5.74) is 7.13. The van der Waals surface area contributed by atoms with Crippen molar-refractivity contribution in [3.05, 3.63) is 35.9 Å². The Labute approximate surface area is 197 Å². The number of morpholine rings is 1. The molecule has 1 saturated heterocycles. The predicted molar refractivity (Wildman–Crippen MR) is 127 cm³/mol. The van der Waals surface area contributed by atoms with Crippen molar-refractivity contribution in [2.24, 2.45) is 5.73 Å². The lowest BCUT2D eigenvalue weighted by Crippen LogP contribution is -2.37. The van der Waals surface area contributed by atoms with Gasteiger partial charge in [0, 0.05) is 42.8 Å². The van der Waals surface area contributed by atoms with E-state index in [-0.39, 0.29) is 0 Å². The van der Waals surface area contributed by atoms with Crippen LogP contribution in [0.15, 0.2) is 30.3 Å². The molecule has 2 heterocycles. The lowest BCUT2D eigenvalue weighted by molar-refractivity contribution is 0.1000. The van der Waals surface area contributed by atoms with Crippen molar-refractivity contribution in [2.75, 3.05) is 65.7 Å². The maximum Gasteiger partial charge on any atom is 0.248 e. The smallest absolute Gasteiger partial charge is 0.248 e. The topological polar surface area (TPSA) is 118 Å². The number of carbonyl (C=O) groups is 1. The maximum atomic E-state index is 11.9. The Hall–Kier alpha value is -3.63. The lowest BCUT2D eigenvalue weighted by atomic mass is 10.1. The number of anilines is 1. The second-order valence-electron chi connectivity index (χ2n) is 7.65. The van der Waals surface area contributed by atoms with Gasteiger partial charge in [0.1, 0.15) is 18.2 Å². The minimum atomic E-state index is -0.561. The number of primary amides is 1. The molecular formula is C24H28N4O6. The van der Waals surface area contributed by atoms with E-state index in [1.807, 2.05) is 12.1 Å². The van der Waals surface area contributed by atoms with Gasteiger partial charge in [-0.05, 0) is 24.3 Å². The Kier molecular flexibility index (Phi) is 7.29. The molecule has 1 aliphatic heterocycles. The third-order valence-corrected chi connectivity index (χ3v) is 5.50. The molecule has 2 aromatic carbocycles. The number of ether oxygens (including phenoxy) is 5. The van der Waals surface area contributed by atoms with Gasteiger partial charge in [0.25, 0.3) is 0 Å². The number of carbonyl (C=O) groups excluding carboxylic acids is 1. The molecule has 0 saturated carbocycles. The molecule has 0 bridgehead atoms. The summed E-state index contributed by atoms with van der Waals surface area (Å²) in [6.45, 7) is 3.39. The number of benzene rings is 2. The highest BCUT2D eigenvalue weighted by atomic mass is 16.5. The van der Waals surface area contributed by atoms with Crippen LogP contribution in [0.1, 0.15) is 10.4 Å². The van der Waals surface area contributed by atoms with Gasteiger partial charge in [-0.25, -0.2) is 9.97 Å². The molecule has 0 unspecified atom stereocenters. The van der Waals surface area contributed by atoms with Crippen LogP contribution in [-0.2, 0) is 9.47 Å². The predicted octanol–water partition coefficient (Wildman–Crippen LogP) is 2.27. The van der Waals surface area contributed by atoms with Crippen LogP contribution in [-0.4, -0.2) is 76.7 Å². The molecule has 1 aliphatic rings. The summed E-state index contributed by atoms with van der Waals surface area (Å²) < 4.78 is 27.4. The third kappa shape index (κ3) is 4.97. The van der Waals surface area contributed by atoms with Crippen molar-refractivity contribution in [1.29, 1.82) is 0 Å². The van der Waals surface area contributed by atoms with E-state index < -0.39 is 5.91 Å². The first-order chi connectivity index (χ1) is 16.5. The zero-order chi connectivity index (χ0) is 24.1. The summed E-state index contributed by atoms with van der Waals surface area (Å²) in [6, 6.07) is 8.73. The first-order valence-corrected chi connectivity index (χ1v) is 10.9. The summed E-state index contributed by atoms with van der Waals surface area (Å²) >= 11 is 0. The molecule has 0 atom stereocenters. The van der Waals surface area contributed by atoms with Crippen molar-refractivity contribution in [1.82, 2.24) is 9.97 Å². The third-order valence-electron chi connectivity index (χ3n) is 5.50. The van der Waals surface area contributed by atoms with E-state index in [2.05, 4.69) is 4.90 Å². The number of nitrogens with two attached hydrogens (primary N) is 1. The molecular weight excluding hydrogens is 440 g/mol. The molecule has 10 nitrogen and oxygen atoms in total.